The second kappa shape index (κ2) is 7.74. The first kappa shape index (κ1) is 17.5. The van der Waals surface area contributed by atoms with Gasteiger partial charge in [-0.1, -0.05) is 30.0 Å². The molecule has 26 heavy (non-hydrogen) atoms. The van der Waals surface area contributed by atoms with Crippen molar-refractivity contribution in [3.63, 3.8) is 0 Å². The van der Waals surface area contributed by atoms with Crippen molar-refractivity contribution >= 4 is 29.0 Å². The van der Waals surface area contributed by atoms with Gasteiger partial charge in [-0.15, -0.1) is 5.10 Å². The monoisotopic (exact) mass is 370 g/mol. The van der Waals surface area contributed by atoms with Gasteiger partial charge in [0.05, 0.1) is 16.4 Å². The lowest BCUT2D eigenvalue weighted by molar-refractivity contribution is -0.384. The third-order valence-electron chi connectivity index (χ3n) is 3.48. The van der Waals surface area contributed by atoms with E-state index in [1.54, 1.807) is 4.68 Å². The smallest absolute Gasteiger partial charge is 0.269 e. The minimum absolute atomic E-state index is 0.0326. The molecular formula is C16H14N6O3S. The van der Waals surface area contributed by atoms with E-state index >= 15 is 0 Å². The number of anilines is 1. The summed E-state index contributed by atoms with van der Waals surface area (Å²) in [6, 6.07) is 13.3. The predicted molar refractivity (Wildman–Crippen MR) is 96.3 cm³/mol. The molecule has 1 N–H and O–H groups in total. The van der Waals surface area contributed by atoms with Crippen LogP contribution in [-0.2, 0) is 4.79 Å². The van der Waals surface area contributed by atoms with E-state index in [-0.39, 0.29) is 17.3 Å². The number of nitrogens with zero attached hydrogens (tertiary/aromatic N) is 5. The standard InChI is InChI=1S/C16H14N6O3S/c1-11-4-2-3-5-14(11)21-16(18-19-20-21)26-10-15(23)17-12-6-8-13(9-7-12)22(24)25/h2-9H,10H2,1H3,(H,17,23). The van der Waals surface area contributed by atoms with Crippen molar-refractivity contribution in [1.29, 1.82) is 0 Å². The number of amides is 1. The van der Waals surface area contributed by atoms with Crippen LogP contribution in [0.2, 0.25) is 0 Å². The van der Waals surface area contributed by atoms with Crippen molar-refractivity contribution in [2.24, 2.45) is 0 Å². The van der Waals surface area contributed by atoms with E-state index in [9.17, 15) is 14.9 Å². The first-order valence-corrected chi connectivity index (χ1v) is 8.54. The predicted octanol–water partition coefficient (Wildman–Crippen LogP) is 2.61. The van der Waals surface area contributed by atoms with Crippen LogP contribution >= 0.6 is 11.8 Å². The number of nitro benzene ring substituents is 1. The zero-order valence-corrected chi connectivity index (χ0v) is 14.5. The zero-order valence-electron chi connectivity index (χ0n) is 13.7. The highest BCUT2D eigenvalue weighted by molar-refractivity contribution is 7.99. The number of carbonyl (C=O) groups is 1. The number of para-hydroxylation sites is 1. The molecule has 132 valence electrons. The maximum absolute atomic E-state index is 12.1. The normalized spacial score (nSPS) is 10.5. The molecule has 10 heteroatoms. The Morgan fingerprint density at radius 2 is 1.96 bits per heavy atom. The fourth-order valence-electron chi connectivity index (χ4n) is 2.21. The molecule has 0 spiro atoms. The number of tetrazole rings is 1. The molecule has 0 unspecified atom stereocenters. The van der Waals surface area contributed by atoms with E-state index in [1.807, 2.05) is 31.2 Å². The van der Waals surface area contributed by atoms with Crippen molar-refractivity contribution in [2.75, 3.05) is 11.1 Å². The summed E-state index contributed by atoms with van der Waals surface area (Å²) in [6.45, 7) is 1.95. The van der Waals surface area contributed by atoms with Crippen molar-refractivity contribution < 1.29 is 9.72 Å². The Kier molecular flexibility index (Phi) is 5.23. The highest BCUT2D eigenvalue weighted by Crippen LogP contribution is 2.21. The fourth-order valence-corrected chi connectivity index (χ4v) is 2.90. The molecule has 0 aliphatic rings. The lowest BCUT2D eigenvalue weighted by atomic mass is 10.2. The Morgan fingerprint density at radius 1 is 1.23 bits per heavy atom. The molecule has 0 saturated heterocycles. The molecule has 9 nitrogen and oxygen atoms in total. The Hall–Kier alpha value is -3.27. The van der Waals surface area contributed by atoms with Gasteiger partial charge in [0.2, 0.25) is 11.1 Å². The molecule has 0 atom stereocenters. The summed E-state index contributed by atoms with van der Waals surface area (Å²) in [4.78, 5) is 22.2. The van der Waals surface area contributed by atoms with E-state index in [0.29, 0.717) is 10.8 Å². The Bertz CT molecular complexity index is 941. The van der Waals surface area contributed by atoms with Crippen LogP contribution in [0.15, 0.2) is 53.7 Å². The first-order valence-electron chi connectivity index (χ1n) is 7.56. The lowest BCUT2D eigenvalue weighted by Gasteiger charge is -2.07. The number of non-ortho nitro benzene ring substituents is 1. The van der Waals surface area contributed by atoms with E-state index in [4.69, 9.17) is 0 Å². The van der Waals surface area contributed by atoms with Gasteiger partial charge in [0.15, 0.2) is 0 Å². The molecule has 3 rings (SSSR count). The van der Waals surface area contributed by atoms with E-state index in [0.717, 1.165) is 11.3 Å². The molecule has 1 amide bonds. The number of rotatable bonds is 6. The molecule has 1 heterocycles. The van der Waals surface area contributed by atoms with Crippen molar-refractivity contribution in [2.45, 2.75) is 12.1 Å². The van der Waals surface area contributed by atoms with Crippen LogP contribution in [0.25, 0.3) is 5.69 Å². The summed E-state index contributed by atoms with van der Waals surface area (Å²) in [7, 11) is 0. The Morgan fingerprint density at radius 3 is 2.65 bits per heavy atom. The van der Waals surface area contributed by atoms with Gasteiger partial charge in [-0.3, -0.25) is 14.9 Å². The van der Waals surface area contributed by atoms with Crippen LogP contribution in [0.3, 0.4) is 0 Å². The number of benzene rings is 2. The molecule has 2 aromatic carbocycles. The summed E-state index contributed by atoms with van der Waals surface area (Å²) in [5, 5.41) is 25.4. The van der Waals surface area contributed by atoms with E-state index in [2.05, 4.69) is 20.8 Å². The molecule has 0 saturated carbocycles. The first-order chi connectivity index (χ1) is 12.5. The minimum atomic E-state index is -0.493. The van der Waals surface area contributed by atoms with Crippen LogP contribution in [0.5, 0.6) is 0 Å². The molecule has 0 bridgehead atoms. The highest BCUT2D eigenvalue weighted by Gasteiger charge is 2.13. The highest BCUT2D eigenvalue weighted by atomic mass is 32.2. The zero-order chi connectivity index (χ0) is 18.5. The summed E-state index contributed by atoms with van der Waals surface area (Å²) >= 11 is 1.20. The number of nitro groups is 1. The SMILES string of the molecule is Cc1ccccc1-n1nnnc1SCC(=O)Nc1ccc([N+](=O)[O-])cc1. The maximum atomic E-state index is 12.1. The number of nitrogens with one attached hydrogen (secondary N) is 1. The molecule has 1 aromatic heterocycles. The fraction of sp³-hybridized carbons (Fsp3) is 0.125. The van der Waals surface area contributed by atoms with Crippen LogP contribution in [0.4, 0.5) is 11.4 Å². The van der Waals surface area contributed by atoms with Gasteiger partial charge < -0.3 is 5.32 Å². The van der Waals surface area contributed by atoms with Crippen molar-refractivity contribution in [3.05, 3.63) is 64.2 Å². The topological polar surface area (TPSA) is 116 Å². The molecule has 0 radical (unpaired) electrons. The summed E-state index contributed by atoms with van der Waals surface area (Å²) in [6.07, 6.45) is 0. The lowest BCUT2D eigenvalue weighted by Crippen LogP contribution is -2.14. The van der Waals surface area contributed by atoms with Gasteiger partial charge in [0.1, 0.15) is 0 Å². The third-order valence-corrected chi connectivity index (χ3v) is 4.40. The quantitative estimate of drug-likeness (QED) is 0.403. The van der Waals surface area contributed by atoms with E-state index in [1.165, 1.54) is 36.0 Å². The van der Waals surface area contributed by atoms with E-state index < -0.39 is 4.92 Å². The number of thioether (sulfide) groups is 1. The molecule has 0 aliphatic heterocycles. The largest absolute Gasteiger partial charge is 0.325 e. The van der Waals surface area contributed by atoms with Crippen molar-refractivity contribution in [1.82, 2.24) is 20.2 Å². The minimum Gasteiger partial charge on any atom is -0.325 e. The van der Waals surface area contributed by atoms with Gasteiger partial charge in [0, 0.05) is 17.8 Å². The number of carbonyl (C=O) groups excluding carboxylic acids is 1. The van der Waals surface area contributed by atoms with Gasteiger partial charge in [-0.25, -0.2) is 0 Å². The van der Waals surface area contributed by atoms with Crippen LogP contribution in [0.1, 0.15) is 5.56 Å². The molecule has 0 fully saturated rings. The summed E-state index contributed by atoms with van der Waals surface area (Å²) in [5.41, 5.74) is 2.31. The second-order valence-electron chi connectivity index (χ2n) is 5.30. The molecular weight excluding hydrogens is 356 g/mol. The summed E-state index contributed by atoms with van der Waals surface area (Å²) < 4.78 is 1.58. The maximum Gasteiger partial charge on any atom is 0.269 e. The van der Waals surface area contributed by atoms with Crippen LogP contribution in [0, 0.1) is 17.0 Å². The van der Waals surface area contributed by atoms with Crippen LogP contribution < -0.4 is 5.32 Å². The third kappa shape index (κ3) is 4.03. The van der Waals surface area contributed by atoms with Gasteiger partial charge in [0.25, 0.3) is 5.69 Å². The van der Waals surface area contributed by atoms with Gasteiger partial charge >= 0.3 is 0 Å². The Labute approximate surface area is 152 Å². The number of hydrogen-bond acceptors (Lipinski definition) is 7. The average molecular weight is 370 g/mol. The molecule has 3 aromatic rings. The number of hydrogen-bond donors (Lipinski definition) is 1. The number of aromatic nitrogens is 4. The van der Waals surface area contributed by atoms with Gasteiger partial charge in [-0.2, -0.15) is 4.68 Å². The van der Waals surface area contributed by atoms with Crippen LogP contribution in [-0.4, -0.2) is 36.8 Å². The Balaban J connectivity index is 1.63. The second-order valence-corrected chi connectivity index (χ2v) is 6.24. The average Bonchev–Trinajstić information content (AvgIpc) is 3.09. The number of aryl methyl sites for hydroxylation is 1. The van der Waals surface area contributed by atoms with Crippen molar-refractivity contribution in [3.8, 4) is 5.69 Å². The van der Waals surface area contributed by atoms with Gasteiger partial charge in [-0.05, 0) is 41.1 Å². The summed E-state index contributed by atoms with van der Waals surface area (Å²) in [5.74, 6) is -0.160. The molecule has 0 aliphatic carbocycles.